The Kier molecular flexibility index (Phi) is 15.1. The summed E-state index contributed by atoms with van der Waals surface area (Å²) in [6, 6.07) is 106. The molecule has 0 saturated carbocycles. The second kappa shape index (κ2) is 23.4. The van der Waals surface area contributed by atoms with Crippen molar-refractivity contribution in [1.29, 1.82) is 0 Å². The third kappa shape index (κ3) is 10.6. The number of rotatable bonds is 9. The van der Waals surface area contributed by atoms with E-state index in [2.05, 4.69) is 188 Å². The summed E-state index contributed by atoms with van der Waals surface area (Å²) in [4.78, 5) is 14.0. The summed E-state index contributed by atoms with van der Waals surface area (Å²) < 4.78 is 0. The van der Waals surface area contributed by atoms with Crippen molar-refractivity contribution in [3.05, 3.63) is 337 Å². The maximum atomic E-state index is 14.0. The van der Waals surface area contributed by atoms with Gasteiger partial charge in [-0.15, -0.1) is 6.42 Å². The highest BCUT2D eigenvalue weighted by atomic mass is 16.1. The summed E-state index contributed by atoms with van der Waals surface area (Å²) >= 11 is 0. The van der Waals surface area contributed by atoms with Crippen LogP contribution in [0.3, 0.4) is 0 Å². The first kappa shape index (κ1) is 47.8. The van der Waals surface area contributed by atoms with Crippen molar-refractivity contribution in [2.24, 2.45) is 0 Å². The predicted octanol–water partition coefficient (Wildman–Crippen LogP) is 18.5. The number of ketones is 1. The van der Waals surface area contributed by atoms with Crippen LogP contribution < -0.4 is 0 Å². The zero-order valence-corrected chi connectivity index (χ0v) is 40.9. The molecular weight excluding hydrogens is 893 g/mol. The van der Waals surface area contributed by atoms with Crippen molar-refractivity contribution in [1.82, 2.24) is 0 Å². The van der Waals surface area contributed by atoms with Crippen LogP contribution in [0.25, 0.3) is 77.9 Å². The molecular formula is C73H52O. The van der Waals surface area contributed by atoms with Gasteiger partial charge in [-0.1, -0.05) is 297 Å². The highest BCUT2D eigenvalue weighted by molar-refractivity contribution is 6.59. The van der Waals surface area contributed by atoms with Gasteiger partial charge in [-0.3, -0.25) is 4.79 Å². The Morgan fingerprint density at radius 1 is 0.230 bits per heavy atom. The maximum absolute atomic E-state index is 14.0. The number of benzene rings is 11. The van der Waals surface area contributed by atoms with Gasteiger partial charge in [0.1, 0.15) is 0 Å². The van der Waals surface area contributed by atoms with E-state index in [-0.39, 0.29) is 5.78 Å². The van der Waals surface area contributed by atoms with Crippen molar-refractivity contribution >= 4 is 28.1 Å². The van der Waals surface area contributed by atoms with Crippen LogP contribution in [0, 0.1) is 12.3 Å². The van der Waals surface area contributed by atoms with E-state index >= 15 is 0 Å². The molecule has 74 heavy (non-hydrogen) atoms. The molecule has 0 spiro atoms. The van der Waals surface area contributed by atoms with Gasteiger partial charge in [0, 0.05) is 27.9 Å². The van der Waals surface area contributed by atoms with Crippen LogP contribution in [0.1, 0.15) is 27.8 Å². The lowest BCUT2D eigenvalue weighted by molar-refractivity contribution is -0.108. The first-order valence-electron chi connectivity index (χ1n) is 24.9. The summed E-state index contributed by atoms with van der Waals surface area (Å²) in [5.41, 5.74) is 20.8. The topological polar surface area (TPSA) is 17.1 Å². The first-order chi connectivity index (χ1) is 36.7. The van der Waals surface area contributed by atoms with Crippen LogP contribution >= 0.6 is 0 Å². The zero-order valence-electron chi connectivity index (χ0n) is 40.9. The third-order valence-electron chi connectivity index (χ3n) is 13.1. The Morgan fingerprint density at radius 3 is 0.703 bits per heavy atom. The van der Waals surface area contributed by atoms with Crippen LogP contribution in [0.2, 0.25) is 0 Å². The van der Waals surface area contributed by atoms with E-state index in [4.69, 9.17) is 6.42 Å². The smallest absolute Gasteiger partial charge is 0.195 e. The summed E-state index contributed by atoms with van der Waals surface area (Å²) in [5.74, 6) is 2.60. The van der Waals surface area contributed by atoms with Gasteiger partial charge < -0.3 is 0 Å². The zero-order chi connectivity index (χ0) is 50.3. The van der Waals surface area contributed by atoms with E-state index in [1.165, 1.54) is 55.6 Å². The van der Waals surface area contributed by atoms with Gasteiger partial charge in [-0.2, -0.15) is 0 Å². The Morgan fingerprint density at radius 2 is 0.446 bits per heavy atom. The third-order valence-corrected chi connectivity index (χ3v) is 13.1. The standard InChI is InChI=1S/C36H26.C29H20O.C8H6/c1-6-16-27(17-7-1)32-26-33(28-18-8-2-9-19-28)35(30-22-12-4-13-23-30)36(31-24-14-5-15-25-31)34(32)29-20-10-3-11-21-29;30-29-27(23-17-9-3-10-18-23)25(21-13-5-1-6-14-21)26(22-15-7-2-8-16-22)28(29)24-19-11-4-12-20-24;1-2-8-6-4-3-5-7-8/h1-26H;1-20H;1,3-7H. The van der Waals surface area contributed by atoms with Crippen molar-refractivity contribution in [3.8, 4) is 68.0 Å². The highest BCUT2D eigenvalue weighted by Gasteiger charge is 2.35. The molecule has 11 aromatic rings. The largest absolute Gasteiger partial charge is 0.289 e. The molecule has 350 valence electrons. The van der Waals surface area contributed by atoms with E-state index in [1.54, 1.807) is 0 Å². The number of terminal acetylenes is 1. The molecule has 0 aliphatic heterocycles. The Hall–Kier alpha value is -9.87. The summed E-state index contributed by atoms with van der Waals surface area (Å²) in [7, 11) is 0. The minimum Gasteiger partial charge on any atom is -0.289 e. The van der Waals surface area contributed by atoms with Crippen LogP contribution in [0.15, 0.2) is 309 Å². The van der Waals surface area contributed by atoms with Crippen molar-refractivity contribution in [2.75, 3.05) is 0 Å². The van der Waals surface area contributed by atoms with E-state index in [9.17, 15) is 4.79 Å². The number of allylic oxidation sites excluding steroid dienone is 4. The van der Waals surface area contributed by atoms with Gasteiger partial charge in [0.2, 0.25) is 0 Å². The van der Waals surface area contributed by atoms with Crippen LogP contribution in [-0.2, 0) is 4.79 Å². The average Bonchev–Trinajstić information content (AvgIpc) is 3.82. The molecule has 11 aromatic carbocycles. The lowest BCUT2D eigenvalue weighted by atomic mass is 9.79. The molecule has 0 unspecified atom stereocenters. The number of Topliss-reactive ketones (excluding diaryl/α,β-unsaturated/α-hetero) is 1. The summed E-state index contributed by atoms with van der Waals surface area (Å²) in [5, 5.41) is 0. The molecule has 0 radical (unpaired) electrons. The molecule has 0 bridgehead atoms. The van der Waals surface area contributed by atoms with Crippen molar-refractivity contribution in [3.63, 3.8) is 0 Å². The van der Waals surface area contributed by atoms with Gasteiger partial charge in [-0.25, -0.2) is 0 Å². The first-order valence-corrected chi connectivity index (χ1v) is 24.9. The van der Waals surface area contributed by atoms with E-state index in [0.29, 0.717) is 0 Å². The molecule has 0 saturated heterocycles. The quantitative estimate of drug-likeness (QED) is 0.132. The SMILES string of the molecule is C#Cc1ccccc1.O=C1C(c2ccccc2)=C(c2ccccc2)C(c2ccccc2)=C1c1ccccc1.c1ccc(-c2cc(-c3ccccc3)c(-c3ccccc3)c(-c3ccccc3)c2-c2ccccc2)cc1. The number of carbonyl (C=O) groups is 1. The van der Waals surface area contributed by atoms with Gasteiger partial charge in [0.15, 0.2) is 5.78 Å². The normalized spacial score (nSPS) is 11.7. The number of hydrogen-bond donors (Lipinski definition) is 0. The average molecular weight is 945 g/mol. The molecule has 0 atom stereocenters. The van der Waals surface area contributed by atoms with Crippen molar-refractivity contribution < 1.29 is 4.79 Å². The molecule has 0 fully saturated rings. The Labute approximate surface area is 435 Å². The highest BCUT2D eigenvalue weighted by Crippen LogP contribution is 2.51. The maximum Gasteiger partial charge on any atom is 0.195 e. The van der Waals surface area contributed by atoms with E-state index < -0.39 is 0 Å². The molecule has 12 rings (SSSR count). The molecule has 0 N–H and O–H groups in total. The Balaban J connectivity index is 0.000000149. The van der Waals surface area contributed by atoms with Gasteiger partial charge in [0.05, 0.1) is 0 Å². The Bertz CT molecular complexity index is 3490. The predicted molar refractivity (Wildman–Crippen MR) is 312 cm³/mol. The summed E-state index contributed by atoms with van der Waals surface area (Å²) in [6.45, 7) is 0. The molecule has 1 heteroatoms. The monoisotopic (exact) mass is 944 g/mol. The molecule has 1 aliphatic carbocycles. The second-order valence-electron chi connectivity index (χ2n) is 17.7. The van der Waals surface area contributed by atoms with Gasteiger partial charge >= 0.3 is 0 Å². The molecule has 0 amide bonds. The van der Waals surface area contributed by atoms with Crippen molar-refractivity contribution in [2.45, 2.75) is 0 Å². The minimum absolute atomic E-state index is 0.0742. The molecule has 1 nitrogen and oxygen atoms in total. The lowest BCUT2D eigenvalue weighted by Gasteiger charge is -2.24. The van der Waals surface area contributed by atoms with Gasteiger partial charge in [-0.05, 0) is 96.1 Å². The molecule has 1 aliphatic rings. The van der Waals surface area contributed by atoms with Gasteiger partial charge in [0.25, 0.3) is 0 Å². The summed E-state index contributed by atoms with van der Waals surface area (Å²) in [6.07, 6.45) is 5.10. The van der Waals surface area contributed by atoms with E-state index in [0.717, 1.165) is 50.1 Å². The van der Waals surface area contributed by atoms with E-state index in [1.807, 2.05) is 127 Å². The van der Waals surface area contributed by atoms with Crippen LogP contribution in [-0.4, -0.2) is 5.78 Å². The van der Waals surface area contributed by atoms with Crippen LogP contribution in [0.5, 0.6) is 0 Å². The molecule has 0 aromatic heterocycles. The van der Waals surface area contributed by atoms with Crippen LogP contribution in [0.4, 0.5) is 0 Å². The fourth-order valence-electron chi connectivity index (χ4n) is 9.76. The second-order valence-corrected chi connectivity index (χ2v) is 17.7. The number of hydrogen-bond acceptors (Lipinski definition) is 1. The fraction of sp³-hybridized carbons (Fsp3) is 0. The fourth-order valence-corrected chi connectivity index (χ4v) is 9.76. The minimum atomic E-state index is 0.0742. The lowest BCUT2D eigenvalue weighted by Crippen LogP contribution is -2.01. The number of carbonyl (C=O) groups excluding carboxylic acids is 1. The molecule has 0 heterocycles.